The van der Waals surface area contributed by atoms with Gasteiger partial charge in [-0.15, -0.1) is 0 Å². The van der Waals surface area contributed by atoms with E-state index in [2.05, 4.69) is 44.0 Å². The lowest BCUT2D eigenvalue weighted by Gasteiger charge is -2.32. The molecule has 0 spiro atoms. The third-order valence-corrected chi connectivity index (χ3v) is 5.80. The summed E-state index contributed by atoms with van der Waals surface area (Å²) in [5, 5.41) is 0. The third kappa shape index (κ3) is 10.8. The maximum absolute atomic E-state index is 2.53. The number of rotatable bonds is 16. The van der Waals surface area contributed by atoms with E-state index in [1.807, 2.05) is 0 Å². The molecule has 0 aromatic rings. The summed E-state index contributed by atoms with van der Waals surface area (Å²) < 4.78 is 0. The van der Waals surface area contributed by atoms with Crippen molar-refractivity contribution < 1.29 is 0 Å². The van der Waals surface area contributed by atoms with Crippen LogP contribution in [0.25, 0.3) is 0 Å². The summed E-state index contributed by atoms with van der Waals surface area (Å²) in [6.07, 6.45) is 28.1. The molecule has 0 fully saturated rings. The number of hydrogen-bond donors (Lipinski definition) is 0. The first-order valence-electron chi connectivity index (χ1n) is 11.4. The molecule has 1 rings (SSSR count). The van der Waals surface area contributed by atoms with Crippen molar-refractivity contribution >= 4 is 0 Å². The Bertz CT molecular complexity index is 355. The quantitative estimate of drug-likeness (QED) is 0.255. The molecule has 0 radical (unpaired) electrons. The minimum Gasteiger partial charge on any atom is -0.371 e. The zero-order chi connectivity index (χ0) is 18.2. The zero-order valence-electron chi connectivity index (χ0n) is 17.6. The number of allylic oxidation sites excluding steroid dienone is 2. The Morgan fingerprint density at radius 2 is 1.20 bits per heavy atom. The van der Waals surface area contributed by atoms with E-state index in [-0.39, 0.29) is 0 Å². The lowest BCUT2D eigenvalue weighted by molar-refractivity contribution is 0.307. The average Bonchev–Trinajstić information content (AvgIpc) is 2.63. The van der Waals surface area contributed by atoms with E-state index in [4.69, 9.17) is 0 Å². The topological polar surface area (TPSA) is 3.24 Å². The van der Waals surface area contributed by atoms with Crippen molar-refractivity contribution in [2.24, 2.45) is 0 Å². The van der Waals surface area contributed by atoms with Crippen LogP contribution >= 0.6 is 0 Å². The van der Waals surface area contributed by atoms with Crippen LogP contribution in [0.5, 0.6) is 0 Å². The van der Waals surface area contributed by atoms with Gasteiger partial charge < -0.3 is 4.90 Å². The molecular formula is C24H45N. The summed E-state index contributed by atoms with van der Waals surface area (Å²) in [4.78, 5) is 2.53. The molecule has 1 aliphatic rings. The summed E-state index contributed by atoms with van der Waals surface area (Å²) in [7, 11) is 0. The second kappa shape index (κ2) is 15.5. The molecule has 1 heterocycles. The van der Waals surface area contributed by atoms with Gasteiger partial charge in [-0.25, -0.2) is 0 Å². The molecule has 1 aliphatic heterocycles. The predicted octanol–water partition coefficient (Wildman–Crippen LogP) is 8.02. The third-order valence-electron chi connectivity index (χ3n) is 5.80. The van der Waals surface area contributed by atoms with Crippen molar-refractivity contribution in [3.63, 3.8) is 0 Å². The Kier molecular flexibility index (Phi) is 13.9. The molecule has 0 N–H and O–H groups in total. The Labute approximate surface area is 159 Å². The largest absolute Gasteiger partial charge is 0.371 e. The first-order valence-corrected chi connectivity index (χ1v) is 11.4. The van der Waals surface area contributed by atoms with E-state index in [0.717, 1.165) is 0 Å². The molecule has 0 saturated heterocycles. The fraction of sp³-hybridized carbons (Fsp3) is 0.833. The van der Waals surface area contributed by atoms with Gasteiger partial charge in [0.05, 0.1) is 0 Å². The zero-order valence-corrected chi connectivity index (χ0v) is 17.6. The summed E-state index contributed by atoms with van der Waals surface area (Å²) in [6.45, 7) is 8.15. The summed E-state index contributed by atoms with van der Waals surface area (Å²) in [6, 6.07) is 0.608. The molecule has 1 atom stereocenters. The van der Waals surface area contributed by atoms with Crippen LogP contribution in [-0.4, -0.2) is 17.5 Å². The highest BCUT2D eigenvalue weighted by atomic mass is 15.1. The maximum atomic E-state index is 2.53. The van der Waals surface area contributed by atoms with Gasteiger partial charge in [-0.05, 0) is 37.6 Å². The number of unbranched alkanes of at least 4 members (excludes halogenated alkanes) is 13. The van der Waals surface area contributed by atoms with Gasteiger partial charge in [-0.1, -0.05) is 103 Å². The fourth-order valence-electron chi connectivity index (χ4n) is 3.93. The van der Waals surface area contributed by atoms with Crippen molar-refractivity contribution in [1.29, 1.82) is 0 Å². The van der Waals surface area contributed by atoms with Crippen LogP contribution in [0.4, 0.5) is 0 Å². The second-order valence-electron chi connectivity index (χ2n) is 7.95. The summed E-state index contributed by atoms with van der Waals surface area (Å²) in [5.41, 5.74) is 1.58. The van der Waals surface area contributed by atoms with Crippen molar-refractivity contribution in [1.82, 2.24) is 4.90 Å². The molecular weight excluding hydrogens is 302 g/mol. The van der Waals surface area contributed by atoms with Crippen LogP contribution in [0.3, 0.4) is 0 Å². The Morgan fingerprint density at radius 3 is 1.68 bits per heavy atom. The van der Waals surface area contributed by atoms with Gasteiger partial charge in [0.25, 0.3) is 0 Å². The molecule has 0 bridgehead atoms. The van der Waals surface area contributed by atoms with Crippen LogP contribution < -0.4 is 0 Å². The van der Waals surface area contributed by atoms with E-state index >= 15 is 0 Å². The molecule has 0 saturated carbocycles. The van der Waals surface area contributed by atoms with Crippen LogP contribution in [0.15, 0.2) is 23.9 Å². The van der Waals surface area contributed by atoms with E-state index in [9.17, 15) is 0 Å². The van der Waals surface area contributed by atoms with Crippen LogP contribution in [0.2, 0.25) is 0 Å². The van der Waals surface area contributed by atoms with Gasteiger partial charge in [-0.2, -0.15) is 0 Å². The van der Waals surface area contributed by atoms with Gasteiger partial charge in [0.15, 0.2) is 0 Å². The summed E-state index contributed by atoms with van der Waals surface area (Å²) >= 11 is 0. The maximum Gasteiger partial charge on any atom is 0.0471 e. The van der Waals surface area contributed by atoms with E-state index in [1.54, 1.807) is 5.57 Å². The van der Waals surface area contributed by atoms with Crippen LogP contribution in [0, 0.1) is 0 Å². The van der Waals surface area contributed by atoms with E-state index in [1.165, 1.54) is 103 Å². The highest BCUT2D eigenvalue weighted by Crippen LogP contribution is 2.20. The normalized spacial score (nSPS) is 17.2. The Morgan fingerprint density at radius 1 is 0.720 bits per heavy atom. The number of hydrogen-bond acceptors (Lipinski definition) is 1. The van der Waals surface area contributed by atoms with Crippen LogP contribution in [-0.2, 0) is 0 Å². The molecule has 146 valence electrons. The average molecular weight is 348 g/mol. The smallest absolute Gasteiger partial charge is 0.0471 e. The van der Waals surface area contributed by atoms with Crippen molar-refractivity contribution in [3.05, 3.63) is 23.9 Å². The Balaban J connectivity index is 1.83. The predicted molar refractivity (Wildman–Crippen MR) is 114 cm³/mol. The molecule has 0 aromatic heterocycles. The molecule has 1 unspecified atom stereocenters. The van der Waals surface area contributed by atoms with Gasteiger partial charge >= 0.3 is 0 Å². The van der Waals surface area contributed by atoms with Gasteiger partial charge in [0.1, 0.15) is 0 Å². The van der Waals surface area contributed by atoms with Gasteiger partial charge in [-0.3, -0.25) is 0 Å². The first-order chi connectivity index (χ1) is 12.3. The fourth-order valence-corrected chi connectivity index (χ4v) is 3.93. The lowest BCUT2D eigenvalue weighted by Crippen LogP contribution is -2.32. The SMILES string of the molecule is CCCCCCCCCCCCCCCCN1C=CC=C(CC)C1C. The minimum atomic E-state index is 0.608. The van der Waals surface area contributed by atoms with E-state index in [0.29, 0.717) is 6.04 Å². The molecule has 0 amide bonds. The minimum absolute atomic E-state index is 0.608. The second-order valence-corrected chi connectivity index (χ2v) is 7.95. The van der Waals surface area contributed by atoms with Crippen molar-refractivity contribution in [3.8, 4) is 0 Å². The van der Waals surface area contributed by atoms with Gasteiger partial charge in [0, 0.05) is 12.6 Å². The molecule has 1 heteroatoms. The Hall–Kier alpha value is -0.720. The van der Waals surface area contributed by atoms with Gasteiger partial charge in [0.2, 0.25) is 0 Å². The highest BCUT2D eigenvalue weighted by Gasteiger charge is 2.15. The molecule has 0 aliphatic carbocycles. The highest BCUT2D eigenvalue weighted by molar-refractivity contribution is 5.22. The lowest BCUT2D eigenvalue weighted by atomic mass is 10.0. The monoisotopic (exact) mass is 347 g/mol. The summed E-state index contributed by atoms with van der Waals surface area (Å²) in [5.74, 6) is 0. The first kappa shape index (κ1) is 22.3. The van der Waals surface area contributed by atoms with Crippen LogP contribution in [0.1, 0.15) is 117 Å². The van der Waals surface area contributed by atoms with Crippen molar-refractivity contribution in [2.75, 3.05) is 6.54 Å². The number of nitrogens with zero attached hydrogens (tertiary/aromatic N) is 1. The van der Waals surface area contributed by atoms with E-state index < -0.39 is 0 Å². The molecule has 25 heavy (non-hydrogen) atoms. The van der Waals surface area contributed by atoms with Crippen molar-refractivity contribution in [2.45, 2.75) is 123 Å². The molecule has 0 aromatic carbocycles. The molecule has 1 nitrogen and oxygen atoms in total. The standard InChI is InChI=1S/C24H45N/c1-4-6-7-8-9-10-11-12-13-14-15-16-17-18-21-25-22-19-20-24(5-2)23(25)3/h19-20,22-23H,4-18,21H2,1-3H3.